The summed E-state index contributed by atoms with van der Waals surface area (Å²) in [6.07, 6.45) is 7.48. The van der Waals surface area contributed by atoms with Crippen molar-refractivity contribution in [3.05, 3.63) is 0 Å². The molecule has 0 aromatic heterocycles. The maximum Gasteiger partial charge on any atom is 0.192 e. The molecule has 19 heavy (non-hydrogen) atoms. The fraction of sp³-hybridized carbons (Fsp3) is 0.786. The highest BCUT2D eigenvalue weighted by atomic mass is 127. The third-order valence-electron chi connectivity index (χ3n) is 2.77. The predicted molar refractivity (Wildman–Crippen MR) is 95.2 cm³/mol. The molecule has 4 nitrogen and oxygen atoms in total. The van der Waals surface area contributed by atoms with Crippen LogP contribution in [0.2, 0.25) is 0 Å². The van der Waals surface area contributed by atoms with Crippen molar-refractivity contribution in [2.75, 3.05) is 33.2 Å². The molecule has 0 atom stereocenters. The molecule has 0 aliphatic rings. The summed E-state index contributed by atoms with van der Waals surface area (Å²) in [4.78, 5) is 6.83. The molecule has 0 bridgehead atoms. The first-order valence-corrected chi connectivity index (χ1v) is 6.77. The van der Waals surface area contributed by atoms with E-state index < -0.39 is 0 Å². The summed E-state index contributed by atoms with van der Waals surface area (Å²) in [6, 6.07) is 0.614. The topological polar surface area (TPSA) is 39.7 Å². The van der Waals surface area contributed by atoms with Gasteiger partial charge in [0, 0.05) is 19.1 Å². The Morgan fingerprint density at radius 2 is 2.00 bits per heavy atom. The molecule has 0 radical (unpaired) electrons. The molecular weight excluding hydrogens is 351 g/mol. The molecule has 0 aromatic rings. The lowest BCUT2D eigenvalue weighted by Gasteiger charge is -2.20. The van der Waals surface area contributed by atoms with E-state index in [9.17, 15) is 0 Å². The summed E-state index contributed by atoms with van der Waals surface area (Å²) < 4.78 is 0. The van der Waals surface area contributed by atoms with Gasteiger partial charge >= 0.3 is 0 Å². The van der Waals surface area contributed by atoms with Crippen LogP contribution in [0.1, 0.15) is 33.6 Å². The normalized spacial score (nSPS) is 11.1. The first-order chi connectivity index (χ1) is 8.61. The zero-order valence-electron chi connectivity index (χ0n) is 12.7. The van der Waals surface area contributed by atoms with Gasteiger partial charge in [-0.2, -0.15) is 0 Å². The van der Waals surface area contributed by atoms with Gasteiger partial charge in [-0.3, -0.25) is 4.99 Å². The highest BCUT2D eigenvalue weighted by Gasteiger charge is 2.01. The van der Waals surface area contributed by atoms with Crippen LogP contribution in [0.25, 0.3) is 0 Å². The summed E-state index contributed by atoms with van der Waals surface area (Å²) in [5, 5.41) is 6.25. The van der Waals surface area contributed by atoms with E-state index in [1.807, 2.05) is 6.92 Å². The van der Waals surface area contributed by atoms with Crippen molar-refractivity contribution in [2.45, 2.75) is 39.7 Å². The van der Waals surface area contributed by atoms with Crippen molar-refractivity contribution in [3.63, 3.8) is 0 Å². The molecule has 0 amide bonds. The summed E-state index contributed by atoms with van der Waals surface area (Å²) in [6.45, 7) is 9.81. The molecular formula is C14H29IN4. The maximum atomic E-state index is 5.21. The minimum Gasteiger partial charge on any atom is -0.357 e. The Bertz CT molecular complexity index is 271. The molecule has 112 valence electrons. The van der Waals surface area contributed by atoms with Gasteiger partial charge in [0.2, 0.25) is 0 Å². The second-order valence-electron chi connectivity index (χ2n) is 4.60. The lowest BCUT2D eigenvalue weighted by atomic mass is 10.2. The van der Waals surface area contributed by atoms with Gasteiger partial charge < -0.3 is 15.5 Å². The number of hydrogen-bond donors (Lipinski definition) is 2. The third kappa shape index (κ3) is 12.3. The second kappa shape index (κ2) is 13.9. The van der Waals surface area contributed by atoms with Crippen molar-refractivity contribution in [1.29, 1.82) is 0 Å². The van der Waals surface area contributed by atoms with Crippen LogP contribution in [0.3, 0.4) is 0 Å². The highest BCUT2D eigenvalue weighted by Crippen LogP contribution is 1.98. The van der Waals surface area contributed by atoms with Gasteiger partial charge in [0.05, 0.1) is 6.54 Å². The van der Waals surface area contributed by atoms with Gasteiger partial charge in [-0.15, -0.1) is 30.4 Å². The van der Waals surface area contributed by atoms with E-state index in [2.05, 4.69) is 47.3 Å². The monoisotopic (exact) mass is 380 g/mol. The number of nitrogens with one attached hydrogen (secondary N) is 2. The van der Waals surface area contributed by atoms with E-state index >= 15 is 0 Å². The molecule has 0 fully saturated rings. The van der Waals surface area contributed by atoms with Crippen LogP contribution in [0.5, 0.6) is 0 Å². The fourth-order valence-electron chi connectivity index (χ4n) is 1.40. The van der Waals surface area contributed by atoms with E-state index in [4.69, 9.17) is 6.42 Å². The summed E-state index contributed by atoms with van der Waals surface area (Å²) in [7, 11) is 2.16. The average Bonchev–Trinajstić information content (AvgIpc) is 2.34. The zero-order chi connectivity index (χ0) is 13.8. The first-order valence-electron chi connectivity index (χ1n) is 6.77. The van der Waals surface area contributed by atoms with Gasteiger partial charge in [0.15, 0.2) is 5.96 Å². The van der Waals surface area contributed by atoms with Crippen LogP contribution in [-0.4, -0.2) is 50.1 Å². The van der Waals surface area contributed by atoms with Crippen molar-refractivity contribution >= 4 is 29.9 Å². The molecule has 0 rings (SSSR count). The van der Waals surface area contributed by atoms with Crippen LogP contribution < -0.4 is 10.6 Å². The Balaban J connectivity index is 0. The molecule has 0 saturated carbocycles. The van der Waals surface area contributed by atoms with Crippen LogP contribution in [0.15, 0.2) is 4.99 Å². The van der Waals surface area contributed by atoms with E-state index in [1.54, 1.807) is 0 Å². The molecule has 0 aromatic carbocycles. The molecule has 2 N–H and O–H groups in total. The number of hydrogen-bond acceptors (Lipinski definition) is 2. The Hall–Kier alpha value is -0.480. The molecule has 0 saturated heterocycles. The highest BCUT2D eigenvalue weighted by molar-refractivity contribution is 14.0. The second-order valence-corrected chi connectivity index (χ2v) is 4.60. The largest absolute Gasteiger partial charge is 0.357 e. The van der Waals surface area contributed by atoms with Gasteiger partial charge in [-0.1, -0.05) is 5.92 Å². The minimum absolute atomic E-state index is 0. The lowest BCUT2D eigenvalue weighted by Crippen LogP contribution is -2.37. The number of guanidine groups is 1. The van der Waals surface area contributed by atoms with Gasteiger partial charge in [0.25, 0.3) is 0 Å². The Labute approximate surface area is 135 Å². The zero-order valence-corrected chi connectivity index (χ0v) is 15.0. The number of rotatable bonds is 8. The quantitative estimate of drug-likeness (QED) is 0.222. The minimum atomic E-state index is 0. The maximum absolute atomic E-state index is 5.21. The number of halogens is 1. The Kier molecular flexibility index (Phi) is 15.3. The third-order valence-corrected chi connectivity index (χ3v) is 2.77. The van der Waals surface area contributed by atoms with Gasteiger partial charge in [-0.05, 0) is 47.2 Å². The van der Waals surface area contributed by atoms with Gasteiger partial charge in [0.1, 0.15) is 0 Å². The summed E-state index contributed by atoms with van der Waals surface area (Å²) >= 11 is 0. The van der Waals surface area contributed by atoms with Crippen molar-refractivity contribution in [1.82, 2.24) is 15.5 Å². The number of terminal acetylenes is 1. The molecule has 0 heterocycles. The van der Waals surface area contributed by atoms with Crippen LogP contribution in [-0.2, 0) is 0 Å². The van der Waals surface area contributed by atoms with Gasteiger partial charge in [-0.25, -0.2) is 0 Å². The standard InChI is InChI=1S/C14H28N4.HI/c1-6-10-16-14(15-7-2)17-11-8-9-12-18(5)13(3)4;/h1,13H,7-12H2,2-5H3,(H2,15,16,17);1H. The van der Waals surface area contributed by atoms with Crippen molar-refractivity contribution in [3.8, 4) is 12.3 Å². The van der Waals surface area contributed by atoms with E-state index in [0.29, 0.717) is 12.6 Å². The SMILES string of the molecule is C#CCNC(=NCCCCN(C)C(C)C)NCC.I. The molecule has 0 aliphatic carbocycles. The summed E-state index contributed by atoms with van der Waals surface area (Å²) in [5.41, 5.74) is 0. The number of aliphatic imine (C=N–C) groups is 1. The molecule has 0 unspecified atom stereocenters. The van der Waals surface area contributed by atoms with Crippen LogP contribution in [0, 0.1) is 12.3 Å². The van der Waals surface area contributed by atoms with Crippen LogP contribution in [0.4, 0.5) is 0 Å². The van der Waals surface area contributed by atoms with Crippen LogP contribution >= 0.6 is 24.0 Å². The number of nitrogens with zero attached hydrogens (tertiary/aromatic N) is 2. The molecule has 5 heteroatoms. The van der Waals surface area contributed by atoms with E-state index in [-0.39, 0.29) is 24.0 Å². The fourth-order valence-corrected chi connectivity index (χ4v) is 1.40. The lowest BCUT2D eigenvalue weighted by molar-refractivity contribution is 0.269. The number of unbranched alkanes of at least 4 members (excludes halogenated alkanes) is 1. The average molecular weight is 380 g/mol. The Morgan fingerprint density at radius 3 is 2.53 bits per heavy atom. The van der Waals surface area contributed by atoms with E-state index in [0.717, 1.165) is 32.0 Å². The smallest absolute Gasteiger partial charge is 0.192 e. The summed E-state index contributed by atoms with van der Waals surface area (Å²) in [5.74, 6) is 3.36. The van der Waals surface area contributed by atoms with Crippen molar-refractivity contribution < 1.29 is 0 Å². The first kappa shape index (κ1) is 20.8. The molecule has 0 aliphatic heterocycles. The Morgan fingerprint density at radius 1 is 1.32 bits per heavy atom. The van der Waals surface area contributed by atoms with Crippen molar-refractivity contribution in [2.24, 2.45) is 4.99 Å². The predicted octanol–water partition coefficient (Wildman–Crippen LogP) is 1.91. The van der Waals surface area contributed by atoms with E-state index in [1.165, 1.54) is 6.42 Å². The molecule has 0 spiro atoms.